The quantitative estimate of drug-likeness (QED) is 0.652. The first-order chi connectivity index (χ1) is 9.63. The Bertz CT molecular complexity index is 422. The first-order valence-electron chi connectivity index (χ1n) is 6.41. The van der Waals surface area contributed by atoms with Gasteiger partial charge in [-0.2, -0.15) is 0 Å². The molecule has 0 aliphatic heterocycles. The van der Waals surface area contributed by atoms with Crippen LogP contribution in [0.1, 0.15) is 6.42 Å². The second kappa shape index (κ2) is 8.92. The number of benzene rings is 1. The highest BCUT2D eigenvalue weighted by Crippen LogP contribution is 2.13. The van der Waals surface area contributed by atoms with Crippen LogP contribution in [-0.2, 0) is 14.3 Å². The fourth-order valence-electron chi connectivity index (χ4n) is 1.69. The minimum Gasteiger partial charge on any atom is -0.481 e. The van der Waals surface area contributed by atoms with Gasteiger partial charge in [0.1, 0.15) is 0 Å². The third kappa shape index (κ3) is 6.19. The molecule has 0 spiro atoms. The van der Waals surface area contributed by atoms with Crippen LogP contribution in [0.15, 0.2) is 30.3 Å². The number of carbonyl (C=O) groups is 2. The van der Waals surface area contributed by atoms with Crippen molar-refractivity contribution >= 4 is 17.6 Å². The molecule has 0 heterocycles. The van der Waals surface area contributed by atoms with E-state index in [2.05, 4.69) is 5.32 Å². The van der Waals surface area contributed by atoms with Gasteiger partial charge in [-0.15, -0.1) is 0 Å². The molecule has 6 heteroatoms. The number of nitrogens with zero attached hydrogens (tertiary/aromatic N) is 1. The normalized spacial score (nSPS) is 10.1. The third-order valence-corrected chi connectivity index (χ3v) is 2.68. The van der Waals surface area contributed by atoms with Gasteiger partial charge in [-0.05, 0) is 12.1 Å². The fourth-order valence-corrected chi connectivity index (χ4v) is 1.69. The monoisotopic (exact) mass is 280 g/mol. The molecule has 6 nitrogen and oxygen atoms in total. The molecule has 0 aliphatic rings. The van der Waals surface area contributed by atoms with Crippen LogP contribution in [0.5, 0.6) is 0 Å². The summed E-state index contributed by atoms with van der Waals surface area (Å²) in [5, 5.41) is 11.5. The molecule has 110 valence electrons. The van der Waals surface area contributed by atoms with Crippen molar-refractivity contribution in [3.63, 3.8) is 0 Å². The molecule has 0 aliphatic carbocycles. The first kappa shape index (κ1) is 16.0. The van der Waals surface area contributed by atoms with E-state index in [0.717, 1.165) is 5.69 Å². The summed E-state index contributed by atoms with van der Waals surface area (Å²) in [4.78, 5) is 24.2. The Morgan fingerprint density at radius 1 is 1.30 bits per heavy atom. The summed E-state index contributed by atoms with van der Waals surface area (Å²) in [7, 11) is 1.56. The Labute approximate surface area is 118 Å². The molecule has 1 aromatic rings. The van der Waals surface area contributed by atoms with Crippen molar-refractivity contribution in [1.29, 1.82) is 0 Å². The molecule has 0 aromatic heterocycles. The molecule has 0 saturated carbocycles. The van der Waals surface area contributed by atoms with Gasteiger partial charge in [-0.25, -0.2) is 0 Å². The van der Waals surface area contributed by atoms with E-state index < -0.39 is 5.97 Å². The van der Waals surface area contributed by atoms with Gasteiger partial charge in [0, 0.05) is 25.9 Å². The zero-order valence-corrected chi connectivity index (χ0v) is 11.5. The van der Waals surface area contributed by atoms with Crippen molar-refractivity contribution in [2.24, 2.45) is 0 Å². The van der Waals surface area contributed by atoms with E-state index in [4.69, 9.17) is 9.84 Å². The van der Waals surface area contributed by atoms with Crippen LogP contribution in [0, 0.1) is 0 Å². The fraction of sp³-hybridized carbons (Fsp3) is 0.429. The van der Waals surface area contributed by atoms with Crippen molar-refractivity contribution < 1.29 is 19.4 Å². The number of para-hydroxylation sites is 1. The summed E-state index contributed by atoms with van der Waals surface area (Å²) in [6, 6.07) is 9.28. The van der Waals surface area contributed by atoms with Crippen LogP contribution >= 0.6 is 0 Å². The molecule has 0 saturated heterocycles. The number of nitrogens with one attached hydrogen (secondary N) is 1. The molecule has 0 radical (unpaired) electrons. The lowest BCUT2D eigenvalue weighted by molar-refractivity contribution is -0.136. The Kier molecular flexibility index (Phi) is 7.13. The number of ether oxygens (including phenoxy) is 1. The molecule has 1 aromatic carbocycles. The van der Waals surface area contributed by atoms with Crippen molar-refractivity contribution in [2.45, 2.75) is 6.42 Å². The molecule has 20 heavy (non-hydrogen) atoms. The summed E-state index contributed by atoms with van der Waals surface area (Å²) in [6.45, 7) is 1.31. The van der Waals surface area contributed by atoms with Crippen molar-refractivity contribution in [3.05, 3.63) is 30.3 Å². The van der Waals surface area contributed by atoms with E-state index in [1.165, 1.54) is 0 Å². The second-order valence-electron chi connectivity index (χ2n) is 4.24. The number of hydrogen-bond acceptors (Lipinski definition) is 4. The Morgan fingerprint density at radius 2 is 2.00 bits per heavy atom. The van der Waals surface area contributed by atoms with Crippen LogP contribution in [0.4, 0.5) is 5.69 Å². The van der Waals surface area contributed by atoms with E-state index in [0.29, 0.717) is 13.2 Å². The highest BCUT2D eigenvalue weighted by molar-refractivity contribution is 5.81. The standard InChI is InChI=1S/C14H20N2O4/c1-20-10-8-15-13(17)11-16(9-7-14(18)19)12-5-3-2-4-6-12/h2-6H,7-11H2,1H3,(H,15,17)(H,18,19). The maximum atomic E-state index is 11.8. The number of carboxylic acid groups (broad SMARTS) is 1. The van der Waals surface area contributed by atoms with E-state index in [1.54, 1.807) is 12.0 Å². The number of carbonyl (C=O) groups excluding carboxylic acids is 1. The number of rotatable bonds is 9. The van der Waals surface area contributed by atoms with E-state index in [-0.39, 0.29) is 25.4 Å². The van der Waals surface area contributed by atoms with Crippen LogP contribution < -0.4 is 10.2 Å². The zero-order chi connectivity index (χ0) is 14.8. The molecule has 0 bridgehead atoms. The topological polar surface area (TPSA) is 78.9 Å². The predicted octanol–water partition coefficient (Wildman–Crippen LogP) is 0.730. The van der Waals surface area contributed by atoms with Gasteiger partial charge in [0.2, 0.25) is 5.91 Å². The average molecular weight is 280 g/mol. The summed E-state index contributed by atoms with van der Waals surface area (Å²) in [5.41, 5.74) is 0.829. The van der Waals surface area contributed by atoms with Crippen LogP contribution in [-0.4, -0.2) is 50.3 Å². The van der Waals surface area contributed by atoms with Gasteiger partial charge in [0.15, 0.2) is 0 Å². The third-order valence-electron chi connectivity index (χ3n) is 2.68. The summed E-state index contributed by atoms with van der Waals surface area (Å²) in [6.07, 6.45) is -0.0136. The van der Waals surface area contributed by atoms with Gasteiger partial charge in [0.05, 0.1) is 19.6 Å². The van der Waals surface area contributed by atoms with Crippen LogP contribution in [0.2, 0.25) is 0 Å². The molecule has 2 N–H and O–H groups in total. The molecular weight excluding hydrogens is 260 g/mol. The highest BCUT2D eigenvalue weighted by Gasteiger charge is 2.12. The number of carboxylic acids is 1. The van der Waals surface area contributed by atoms with Crippen molar-refractivity contribution in [3.8, 4) is 0 Å². The number of aliphatic carboxylic acids is 1. The number of amides is 1. The lowest BCUT2D eigenvalue weighted by atomic mass is 10.2. The smallest absolute Gasteiger partial charge is 0.305 e. The predicted molar refractivity (Wildman–Crippen MR) is 75.8 cm³/mol. The van der Waals surface area contributed by atoms with Crippen LogP contribution in [0.3, 0.4) is 0 Å². The lowest BCUT2D eigenvalue weighted by Crippen LogP contribution is -2.39. The molecule has 0 unspecified atom stereocenters. The Morgan fingerprint density at radius 3 is 2.60 bits per heavy atom. The van der Waals surface area contributed by atoms with E-state index in [1.807, 2.05) is 30.3 Å². The zero-order valence-electron chi connectivity index (χ0n) is 11.5. The number of methoxy groups -OCH3 is 1. The van der Waals surface area contributed by atoms with Gasteiger partial charge in [-0.3, -0.25) is 9.59 Å². The van der Waals surface area contributed by atoms with Gasteiger partial charge in [0.25, 0.3) is 0 Å². The maximum absolute atomic E-state index is 11.8. The summed E-state index contributed by atoms with van der Waals surface area (Å²) < 4.78 is 4.85. The number of anilines is 1. The maximum Gasteiger partial charge on any atom is 0.305 e. The lowest BCUT2D eigenvalue weighted by Gasteiger charge is -2.23. The Balaban J connectivity index is 2.58. The summed E-state index contributed by atoms with van der Waals surface area (Å²) in [5.74, 6) is -1.04. The molecule has 0 fully saturated rings. The van der Waals surface area contributed by atoms with E-state index >= 15 is 0 Å². The average Bonchev–Trinajstić information content (AvgIpc) is 2.44. The Hall–Kier alpha value is -2.08. The van der Waals surface area contributed by atoms with Gasteiger partial charge in [-0.1, -0.05) is 18.2 Å². The van der Waals surface area contributed by atoms with E-state index in [9.17, 15) is 9.59 Å². The molecule has 0 atom stereocenters. The highest BCUT2D eigenvalue weighted by atomic mass is 16.5. The molecular formula is C14H20N2O4. The minimum atomic E-state index is -0.884. The largest absolute Gasteiger partial charge is 0.481 e. The first-order valence-corrected chi connectivity index (χ1v) is 6.41. The van der Waals surface area contributed by atoms with Crippen molar-refractivity contribution in [1.82, 2.24) is 5.32 Å². The molecule has 1 rings (SSSR count). The van der Waals surface area contributed by atoms with Crippen LogP contribution in [0.25, 0.3) is 0 Å². The second-order valence-corrected chi connectivity index (χ2v) is 4.24. The SMILES string of the molecule is COCCNC(=O)CN(CCC(=O)O)c1ccccc1. The number of hydrogen-bond donors (Lipinski definition) is 2. The molecule has 1 amide bonds. The van der Waals surface area contributed by atoms with Gasteiger partial charge < -0.3 is 20.1 Å². The minimum absolute atomic E-state index is 0.0136. The summed E-state index contributed by atoms with van der Waals surface area (Å²) >= 11 is 0. The van der Waals surface area contributed by atoms with Crippen molar-refractivity contribution in [2.75, 3.05) is 38.3 Å². The van der Waals surface area contributed by atoms with Gasteiger partial charge >= 0.3 is 5.97 Å².